The molecule has 1 saturated heterocycles. The summed E-state index contributed by atoms with van der Waals surface area (Å²) >= 11 is 0. The quantitative estimate of drug-likeness (QED) is 0.760. The number of nitrogens with one attached hydrogen (secondary N) is 1. The van der Waals surface area contributed by atoms with E-state index in [1.54, 1.807) is 6.20 Å². The van der Waals surface area contributed by atoms with Crippen molar-refractivity contribution < 1.29 is 4.79 Å². The first kappa shape index (κ1) is 18.4. The van der Waals surface area contributed by atoms with Crippen LogP contribution in [-0.4, -0.2) is 54.0 Å². The molecule has 1 aromatic heterocycles. The van der Waals surface area contributed by atoms with Crippen molar-refractivity contribution in [3.8, 4) is 0 Å². The Morgan fingerprint density at radius 1 is 1.04 bits per heavy atom. The number of amides is 1. The van der Waals surface area contributed by atoms with Gasteiger partial charge >= 0.3 is 0 Å². The fraction of sp³-hybridized carbons (Fsp3) is 0.318. The number of likely N-dealkylation sites (N-methyl/N-ethyl adjacent to an activating group) is 1. The fourth-order valence-corrected chi connectivity index (χ4v) is 3.63. The molecule has 1 amide bonds. The molecule has 0 spiro atoms. The Labute approximate surface area is 165 Å². The van der Waals surface area contributed by atoms with Crippen LogP contribution in [-0.2, 0) is 0 Å². The van der Waals surface area contributed by atoms with Gasteiger partial charge in [-0.15, -0.1) is 0 Å². The van der Waals surface area contributed by atoms with Crippen molar-refractivity contribution in [2.75, 3.05) is 38.1 Å². The lowest BCUT2D eigenvalue weighted by molar-refractivity contribution is 0.0934. The molecule has 0 radical (unpaired) electrons. The van der Waals surface area contributed by atoms with Crippen molar-refractivity contribution in [1.82, 2.24) is 20.2 Å². The van der Waals surface area contributed by atoms with Gasteiger partial charge < -0.3 is 15.1 Å². The highest BCUT2D eigenvalue weighted by atomic mass is 16.1. The van der Waals surface area contributed by atoms with Crippen LogP contribution in [0.3, 0.4) is 0 Å². The number of rotatable bonds is 4. The average Bonchev–Trinajstić information content (AvgIpc) is 2.74. The average molecular weight is 375 g/mol. The molecule has 1 atom stereocenters. The van der Waals surface area contributed by atoms with E-state index in [2.05, 4.69) is 56.4 Å². The summed E-state index contributed by atoms with van der Waals surface area (Å²) in [6.45, 7) is 5.75. The second kappa shape index (κ2) is 7.94. The van der Waals surface area contributed by atoms with Crippen LogP contribution in [0.4, 0.5) is 5.82 Å². The molecular weight excluding hydrogens is 350 g/mol. The topological polar surface area (TPSA) is 61.4 Å². The van der Waals surface area contributed by atoms with Crippen LogP contribution in [0.15, 0.2) is 54.9 Å². The molecule has 4 rings (SSSR count). The Kier molecular flexibility index (Phi) is 5.21. The van der Waals surface area contributed by atoms with Gasteiger partial charge in [0.2, 0.25) is 0 Å². The SMILES string of the molecule is CC(NC(=O)c1cncc(N2CCN(C)CC2)n1)c1cccc2ccccc12. The van der Waals surface area contributed by atoms with Gasteiger partial charge in [-0.2, -0.15) is 0 Å². The third-order valence-electron chi connectivity index (χ3n) is 5.32. The zero-order chi connectivity index (χ0) is 19.5. The maximum absolute atomic E-state index is 12.8. The van der Waals surface area contributed by atoms with Crippen molar-refractivity contribution in [2.45, 2.75) is 13.0 Å². The minimum absolute atomic E-state index is 0.132. The summed E-state index contributed by atoms with van der Waals surface area (Å²) in [5.41, 5.74) is 1.44. The Bertz CT molecular complexity index is 976. The fourth-order valence-electron chi connectivity index (χ4n) is 3.63. The molecule has 1 N–H and O–H groups in total. The van der Waals surface area contributed by atoms with E-state index in [0.29, 0.717) is 5.69 Å². The number of hydrogen-bond donors (Lipinski definition) is 1. The molecule has 0 bridgehead atoms. The molecule has 1 aliphatic heterocycles. The molecule has 0 saturated carbocycles. The summed E-state index contributed by atoms with van der Waals surface area (Å²) in [5, 5.41) is 5.39. The van der Waals surface area contributed by atoms with Crippen LogP contribution < -0.4 is 10.2 Å². The number of fused-ring (bicyclic) bond motifs is 1. The summed E-state index contributed by atoms with van der Waals surface area (Å²) in [4.78, 5) is 26.1. The summed E-state index contributed by atoms with van der Waals surface area (Å²) in [5.74, 6) is 0.558. The summed E-state index contributed by atoms with van der Waals surface area (Å²) in [7, 11) is 2.11. The van der Waals surface area contributed by atoms with Crippen LogP contribution in [0.25, 0.3) is 10.8 Å². The van der Waals surface area contributed by atoms with Gasteiger partial charge in [-0.05, 0) is 30.3 Å². The Morgan fingerprint density at radius 2 is 1.79 bits per heavy atom. The maximum Gasteiger partial charge on any atom is 0.272 e. The van der Waals surface area contributed by atoms with Crippen molar-refractivity contribution >= 4 is 22.5 Å². The van der Waals surface area contributed by atoms with Gasteiger partial charge in [0.1, 0.15) is 11.5 Å². The van der Waals surface area contributed by atoms with Crippen molar-refractivity contribution in [3.05, 3.63) is 66.1 Å². The molecule has 2 aromatic carbocycles. The zero-order valence-corrected chi connectivity index (χ0v) is 16.3. The van der Waals surface area contributed by atoms with Crippen LogP contribution in [0, 0.1) is 0 Å². The number of anilines is 1. The maximum atomic E-state index is 12.8. The number of carbonyl (C=O) groups excluding carboxylic acids is 1. The minimum atomic E-state index is -0.205. The highest BCUT2D eigenvalue weighted by molar-refractivity contribution is 5.93. The molecule has 6 heteroatoms. The van der Waals surface area contributed by atoms with Crippen LogP contribution in [0.1, 0.15) is 29.0 Å². The van der Waals surface area contributed by atoms with E-state index in [0.717, 1.165) is 48.3 Å². The van der Waals surface area contributed by atoms with Crippen molar-refractivity contribution in [3.63, 3.8) is 0 Å². The molecular formula is C22H25N5O. The van der Waals surface area contributed by atoms with Gasteiger partial charge in [0.05, 0.1) is 18.4 Å². The number of carbonyl (C=O) groups is 1. The van der Waals surface area contributed by atoms with E-state index in [9.17, 15) is 4.79 Å². The number of benzene rings is 2. The molecule has 6 nitrogen and oxygen atoms in total. The Balaban J connectivity index is 1.51. The van der Waals surface area contributed by atoms with E-state index in [4.69, 9.17) is 0 Å². The van der Waals surface area contributed by atoms with Crippen LogP contribution in [0.5, 0.6) is 0 Å². The highest BCUT2D eigenvalue weighted by Crippen LogP contribution is 2.24. The predicted octanol–water partition coefficient (Wildman–Crippen LogP) is 2.87. The smallest absolute Gasteiger partial charge is 0.272 e. The third-order valence-corrected chi connectivity index (χ3v) is 5.32. The van der Waals surface area contributed by atoms with Crippen molar-refractivity contribution in [2.24, 2.45) is 0 Å². The molecule has 1 unspecified atom stereocenters. The molecule has 0 aliphatic carbocycles. The van der Waals surface area contributed by atoms with Gasteiger partial charge in [0.25, 0.3) is 5.91 Å². The van der Waals surface area contributed by atoms with E-state index >= 15 is 0 Å². The summed E-state index contributed by atoms with van der Waals surface area (Å²) < 4.78 is 0. The molecule has 3 aromatic rings. The second-order valence-electron chi connectivity index (χ2n) is 7.32. The summed E-state index contributed by atoms with van der Waals surface area (Å²) in [6, 6.07) is 14.2. The van der Waals surface area contributed by atoms with E-state index in [1.807, 2.05) is 25.1 Å². The lowest BCUT2D eigenvalue weighted by atomic mass is 9.99. The van der Waals surface area contributed by atoms with Crippen LogP contribution in [0.2, 0.25) is 0 Å². The number of aromatic nitrogens is 2. The lowest BCUT2D eigenvalue weighted by Crippen LogP contribution is -2.45. The minimum Gasteiger partial charge on any atom is -0.353 e. The molecule has 1 aliphatic rings. The van der Waals surface area contributed by atoms with E-state index in [-0.39, 0.29) is 11.9 Å². The third kappa shape index (κ3) is 3.82. The molecule has 1 fully saturated rings. The predicted molar refractivity (Wildman–Crippen MR) is 112 cm³/mol. The van der Waals surface area contributed by atoms with Gasteiger partial charge in [-0.1, -0.05) is 42.5 Å². The first-order chi connectivity index (χ1) is 13.6. The molecule has 28 heavy (non-hydrogen) atoms. The van der Waals surface area contributed by atoms with Crippen LogP contribution >= 0.6 is 0 Å². The normalized spacial score (nSPS) is 16.1. The monoisotopic (exact) mass is 375 g/mol. The van der Waals surface area contributed by atoms with Gasteiger partial charge in [-0.3, -0.25) is 9.78 Å². The van der Waals surface area contributed by atoms with Gasteiger partial charge in [0.15, 0.2) is 0 Å². The standard InChI is InChI=1S/C22H25N5O/c1-16(18-9-5-7-17-6-3-4-8-19(17)18)24-22(28)20-14-23-15-21(25-20)27-12-10-26(2)11-13-27/h3-9,14-16H,10-13H2,1-2H3,(H,24,28). The van der Waals surface area contributed by atoms with Crippen molar-refractivity contribution in [1.29, 1.82) is 0 Å². The van der Waals surface area contributed by atoms with Gasteiger partial charge in [-0.25, -0.2) is 4.98 Å². The number of nitrogens with zero attached hydrogens (tertiary/aromatic N) is 4. The second-order valence-corrected chi connectivity index (χ2v) is 7.32. The number of hydrogen-bond acceptors (Lipinski definition) is 5. The summed E-state index contributed by atoms with van der Waals surface area (Å²) in [6.07, 6.45) is 3.26. The Morgan fingerprint density at radius 3 is 2.61 bits per heavy atom. The molecule has 2 heterocycles. The van der Waals surface area contributed by atoms with E-state index < -0.39 is 0 Å². The molecule has 144 valence electrons. The first-order valence-corrected chi connectivity index (χ1v) is 9.66. The zero-order valence-electron chi connectivity index (χ0n) is 16.3. The first-order valence-electron chi connectivity index (χ1n) is 9.66. The number of piperazine rings is 1. The largest absolute Gasteiger partial charge is 0.353 e. The van der Waals surface area contributed by atoms with Gasteiger partial charge in [0, 0.05) is 26.2 Å². The highest BCUT2D eigenvalue weighted by Gasteiger charge is 2.19. The van der Waals surface area contributed by atoms with E-state index in [1.165, 1.54) is 6.20 Å². The lowest BCUT2D eigenvalue weighted by Gasteiger charge is -2.33. The Hall–Kier alpha value is -2.99.